The second-order valence-corrected chi connectivity index (χ2v) is 6.92. The number of ether oxygens (including phenoxy) is 1. The lowest BCUT2D eigenvalue weighted by Crippen LogP contribution is -2.39. The highest BCUT2D eigenvalue weighted by atomic mass is 16.5. The molecule has 0 unspecified atom stereocenters. The van der Waals surface area contributed by atoms with E-state index < -0.39 is 0 Å². The van der Waals surface area contributed by atoms with E-state index in [4.69, 9.17) is 4.74 Å². The van der Waals surface area contributed by atoms with Crippen LogP contribution in [0.2, 0.25) is 0 Å². The Hall–Kier alpha value is -3.28. The van der Waals surface area contributed by atoms with Crippen LogP contribution >= 0.6 is 0 Å². The van der Waals surface area contributed by atoms with Crippen molar-refractivity contribution in [1.82, 2.24) is 19.9 Å². The van der Waals surface area contributed by atoms with Crippen LogP contribution in [-0.4, -0.2) is 46.0 Å². The number of carbonyl (C=O) groups excluding carboxylic acids is 1. The first-order valence-electron chi connectivity index (χ1n) is 9.39. The van der Waals surface area contributed by atoms with Crippen LogP contribution in [0.3, 0.4) is 0 Å². The molecule has 3 heterocycles. The molecule has 0 N–H and O–H groups in total. The fraction of sp³-hybridized carbons (Fsp3) is 0.273. The maximum absolute atomic E-state index is 13.0. The van der Waals surface area contributed by atoms with Gasteiger partial charge in [-0.1, -0.05) is 12.1 Å². The van der Waals surface area contributed by atoms with Crippen LogP contribution in [-0.2, 0) is 0 Å². The summed E-state index contributed by atoms with van der Waals surface area (Å²) in [6.45, 7) is 1.47. The number of rotatable bonds is 4. The molecule has 1 saturated heterocycles. The van der Waals surface area contributed by atoms with Crippen LogP contribution in [0.25, 0.3) is 11.1 Å². The lowest BCUT2D eigenvalue weighted by molar-refractivity contribution is 0.0706. The van der Waals surface area contributed by atoms with E-state index in [0.717, 1.165) is 36.2 Å². The SMILES string of the molecule is COc1cncc(-c2ccc(C(=O)N3CCC[C@@H](c4ccncn4)C3)cc2)c1. The van der Waals surface area contributed by atoms with Crippen molar-refractivity contribution < 1.29 is 9.53 Å². The Morgan fingerprint density at radius 3 is 2.71 bits per heavy atom. The fourth-order valence-electron chi connectivity index (χ4n) is 3.62. The van der Waals surface area contributed by atoms with Crippen LogP contribution in [0.15, 0.2) is 61.3 Å². The molecule has 0 bridgehead atoms. The molecule has 0 saturated carbocycles. The molecule has 0 aliphatic carbocycles. The van der Waals surface area contributed by atoms with Crippen molar-refractivity contribution in [1.29, 1.82) is 0 Å². The molecule has 1 aliphatic heterocycles. The Morgan fingerprint density at radius 1 is 1.11 bits per heavy atom. The first-order chi connectivity index (χ1) is 13.7. The largest absolute Gasteiger partial charge is 0.495 e. The Balaban J connectivity index is 1.48. The van der Waals surface area contributed by atoms with Gasteiger partial charge in [0, 0.05) is 48.2 Å². The van der Waals surface area contributed by atoms with Crippen molar-refractivity contribution in [3.05, 3.63) is 72.6 Å². The normalized spacial score (nSPS) is 16.6. The molecular weight excluding hydrogens is 352 g/mol. The number of methoxy groups -OCH3 is 1. The summed E-state index contributed by atoms with van der Waals surface area (Å²) in [5.41, 5.74) is 3.66. The van der Waals surface area contributed by atoms with Crippen LogP contribution in [0, 0.1) is 0 Å². The molecule has 2 aromatic heterocycles. The van der Waals surface area contributed by atoms with E-state index in [1.165, 1.54) is 0 Å². The standard InChI is InChI=1S/C22H22N4O2/c1-28-20-11-19(12-24-13-20)16-4-6-17(7-5-16)22(27)26-10-2-3-18(14-26)21-8-9-23-15-25-21/h4-9,11-13,15,18H,2-3,10,14H2,1H3/t18-/m1/s1. The van der Waals surface area contributed by atoms with E-state index in [9.17, 15) is 4.79 Å². The van der Waals surface area contributed by atoms with Crippen molar-refractivity contribution >= 4 is 5.91 Å². The molecule has 1 aliphatic rings. The van der Waals surface area contributed by atoms with E-state index >= 15 is 0 Å². The van der Waals surface area contributed by atoms with Crippen molar-refractivity contribution in [3.63, 3.8) is 0 Å². The maximum Gasteiger partial charge on any atom is 0.253 e. The van der Waals surface area contributed by atoms with Gasteiger partial charge < -0.3 is 9.64 Å². The van der Waals surface area contributed by atoms with Gasteiger partial charge in [0.15, 0.2) is 0 Å². The first kappa shape index (κ1) is 18.1. The van der Waals surface area contributed by atoms with Crippen molar-refractivity contribution in [2.24, 2.45) is 0 Å². The van der Waals surface area contributed by atoms with Gasteiger partial charge in [0.2, 0.25) is 0 Å². The minimum atomic E-state index is 0.0640. The minimum absolute atomic E-state index is 0.0640. The number of benzene rings is 1. The predicted octanol–water partition coefficient (Wildman–Crippen LogP) is 3.57. The van der Waals surface area contributed by atoms with Gasteiger partial charge in [-0.3, -0.25) is 9.78 Å². The zero-order valence-electron chi connectivity index (χ0n) is 15.8. The molecule has 0 spiro atoms. The molecular formula is C22H22N4O2. The average Bonchev–Trinajstić information content (AvgIpc) is 2.79. The number of piperidine rings is 1. The summed E-state index contributed by atoms with van der Waals surface area (Å²) in [5.74, 6) is 1.04. The lowest BCUT2D eigenvalue weighted by Gasteiger charge is -2.32. The Morgan fingerprint density at radius 2 is 1.96 bits per heavy atom. The molecule has 1 atom stereocenters. The quantitative estimate of drug-likeness (QED) is 0.698. The molecule has 6 heteroatoms. The first-order valence-corrected chi connectivity index (χ1v) is 9.39. The fourth-order valence-corrected chi connectivity index (χ4v) is 3.62. The summed E-state index contributed by atoms with van der Waals surface area (Å²) in [7, 11) is 1.62. The van der Waals surface area contributed by atoms with Gasteiger partial charge in [-0.25, -0.2) is 9.97 Å². The topological polar surface area (TPSA) is 68.2 Å². The minimum Gasteiger partial charge on any atom is -0.495 e. The molecule has 6 nitrogen and oxygen atoms in total. The van der Waals surface area contributed by atoms with E-state index in [0.29, 0.717) is 17.9 Å². The van der Waals surface area contributed by atoms with Gasteiger partial charge in [-0.2, -0.15) is 0 Å². The summed E-state index contributed by atoms with van der Waals surface area (Å²) < 4.78 is 5.23. The monoisotopic (exact) mass is 374 g/mol. The van der Waals surface area contributed by atoms with Crippen LogP contribution in [0.4, 0.5) is 0 Å². The van der Waals surface area contributed by atoms with E-state index in [2.05, 4.69) is 15.0 Å². The van der Waals surface area contributed by atoms with Crippen LogP contribution in [0.1, 0.15) is 34.8 Å². The van der Waals surface area contributed by atoms with Crippen LogP contribution in [0.5, 0.6) is 5.75 Å². The zero-order valence-corrected chi connectivity index (χ0v) is 15.8. The molecule has 4 rings (SSSR count). The number of pyridine rings is 1. The second kappa shape index (κ2) is 8.17. The second-order valence-electron chi connectivity index (χ2n) is 6.92. The van der Waals surface area contributed by atoms with Crippen molar-refractivity contribution in [2.75, 3.05) is 20.2 Å². The number of carbonyl (C=O) groups is 1. The summed E-state index contributed by atoms with van der Waals surface area (Å²) in [6.07, 6.45) is 8.82. The number of hydrogen-bond donors (Lipinski definition) is 0. The molecule has 1 aromatic carbocycles. The predicted molar refractivity (Wildman–Crippen MR) is 106 cm³/mol. The van der Waals surface area contributed by atoms with E-state index in [-0.39, 0.29) is 11.8 Å². The van der Waals surface area contributed by atoms with E-state index in [1.54, 1.807) is 32.0 Å². The third-order valence-electron chi connectivity index (χ3n) is 5.15. The smallest absolute Gasteiger partial charge is 0.253 e. The number of likely N-dealkylation sites (tertiary alicyclic amines) is 1. The van der Waals surface area contributed by atoms with Gasteiger partial charge in [0.25, 0.3) is 5.91 Å². The van der Waals surface area contributed by atoms with Crippen LogP contribution < -0.4 is 4.74 Å². The molecule has 28 heavy (non-hydrogen) atoms. The van der Waals surface area contributed by atoms with E-state index in [1.807, 2.05) is 41.3 Å². The highest BCUT2D eigenvalue weighted by molar-refractivity contribution is 5.94. The lowest BCUT2D eigenvalue weighted by atomic mass is 9.94. The molecule has 142 valence electrons. The maximum atomic E-state index is 13.0. The van der Waals surface area contributed by atoms with Crippen molar-refractivity contribution in [2.45, 2.75) is 18.8 Å². The summed E-state index contributed by atoms with van der Waals surface area (Å²) in [5, 5.41) is 0. The number of amides is 1. The number of hydrogen-bond acceptors (Lipinski definition) is 5. The molecule has 1 fully saturated rings. The number of nitrogens with zero attached hydrogens (tertiary/aromatic N) is 4. The van der Waals surface area contributed by atoms with Gasteiger partial charge in [0.05, 0.1) is 13.3 Å². The number of aromatic nitrogens is 3. The highest BCUT2D eigenvalue weighted by Crippen LogP contribution is 2.27. The Bertz CT molecular complexity index is 944. The molecule has 0 radical (unpaired) electrons. The van der Waals surface area contributed by atoms with Gasteiger partial charge in [0.1, 0.15) is 12.1 Å². The van der Waals surface area contributed by atoms with Gasteiger partial charge >= 0.3 is 0 Å². The molecule has 3 aromatic rings. The average molecular weight is 374 g/mol. The summed E-state index contributed by atoms with van der Waals surface area (Å²) in [4.78, 5) is 27.4. The third-order valence-corrected chi connectivity index (χ3v) is 5.15. The highest BCUT2D eigenvalue weighted by Gasteiger charge is 2.26. The third kappa shape index (κ3) is 3.86. The zero-order chi connectivity index (χ0) is 19.3. The van der Waals surface area contributed by atoms with Gasteiger partial charge in [-0.15, -0.1) is 0 Å². The Labute approximate surface area is 164 Å². The van der Waals surface area contributed by atoms with Crippen molar-refractivity contribution in [3.8, 4) is 16.9 Å². The summed E-state index contributed by atoms with van der Waals surface area (Å²) >= 11 is 0. The Kier molecular flexibility index (Phi) is 5.28. The van der Waals surface area contributed by atoms with Gasteiger partial charge in [-0.05, 0) is 42.7 Å². The molecule has 1 amide bonds. The summed E-state index contributed by atoms with van der Waals surface area (Å²) in [6, 6.07) is 11.5.